The quantitative estimate of drug-likeness (QED) is 0.840. The standard InChI is InChI=1S/C18H20ClNO/c1-20(2)13-18(21)16-9-5-14(6-10-16)3-4-15-7-11-17(19)12-8-15/h3-12,18,21H,13H2,1-2H3/b4-3+. The first kappa shape index (κ1) is 15.8. The summed E-state index contributed by atoms with van der Waals surface area (Å²) in [5, 5.41) is 10.8. The molecular weight excluding hydrogens is 282 g/mol. The molecule has 0 bridgehead atoms. The first-order valence-electron chi connectivity index (χ1n) is 6.91. The molecule has 0 aromatic heterocycles. The van der Waals surface area contributed by atoms with Crippen LogP contribution < -0.4 is 0 Å². The summed E-state index contributed by atoms with van der Waals surface area (Å²) in [4.78, 5) is 1.97. The van der Waals surface area contributed by atoms with E-state index in [4.69, 9.17) is 11.6 Å². The van der Waals surface area contributed by atoms with Gasteiger partial charge in [0, 0.05) is 11.6 Å². The van der Waals surface area contributed by atoms with E-state index in [2.05, 4.69) is 0 Å². The van der Waals surface area contributed by atoms with Crippen LogP contribution in [-0.4, -0.2) is 30.6 Å². The van der Waals surface area contributed by atoms with Crippen LogP contribution in [0.25, 0.3) is 12.2 Å². The number of aliphatic hydroxyl groups is 1. The average molecular weight is 302 g/mol. The fraction of sp³-hybridized carbons (Fsp3) is 0.222. The lowest BCUT2D eigenvalue weighted by Crippen LogP contribution is -2.19. The highest BCUT2D eigenvalue weighted by Crippen LogP contribution is 2.16. The van der Waals surface area contributed by atoms with Crippen LogP contribution in [0.5, 0.6) is 0 Å². The minimum atomic E-state index is -0.450. The highest BCUT2D eigenvalue weighted by Gasteiger charge is 2.07. The third kappa shape index (κ3) is 5.01. The smallest absolute Gasteiger partial charge is 0.0916 e. The second-order valence-electron chi connectivity index (χ2n) is 5.33. The lowest BCUT2D eigenvalue weighted by Gasteiger charge is -2.16. The summed E-state index contributed by atoms with van der Waals surface area (Å²) in [6.07, 6.45) is 3.64. The summed E-state index contributed by atoms with van der Waals surface area (Å²) in [5.74, 6) is 0. The van der Waals surface area contributed by atoms with Gasteiger partial charge in [0.15, 0.2) is 0 Å². The molecule has 0 spiro atoms. The van der Waals surface area contributed by atoms with E-state index < -0.39 is 6.10 Å². The number of halogens is 1. The Morgan fingerprint density at radius 2 is 1.43 bits per heavy atom. The molecule has 0 aliphatic heterocycles. The maximum Gasteiger partial charge on any atom is 0.0916 e. The fourth-order valence-corrected chi connectivity index (χ4v) is 2.17. The normalized spacial score (nSPS) is 13.0. The molecule has 21 heavy (non-hydrogen) atoms. The number of likely N-dealkylation sites (N-methyl/N-ethyl adjacent to an activating group) is 1. The number of benzene rings is 2. The van der Waals surface area contributed by atoms with Crippen molar-refractivity contribution in [1.29, 1.82) is 0 Å². The van der Waals surface area contributed by atoms with Crippen molar-refractivity contribution >= 4 is 23.8 Å². The van der Waals surface area contributed by atoms with E-state index in [1.54, 1.807) is 0 Å². The van der Waals surface area contributed by atoms with E-state index in [0.29, 0.717) is 6.54 Å². The summed E-state index contributed by atoms with van der Waals surface area (Å²) < 4.78 is 0. The van der Waals surface area contributed by atoms with Crippen molar-refractivity contribution in [2.75, 3.05) is 20.6 Å². The molecule has 0 aliphatic carbocycles. The molecule has 1 unspecified atom stereocenters. The summed E-state index contributed by atoms with van der Waals surface area (Å²) in [6.45, 7) is 0.625. The SMILES string of the molecule is CN(C)CC(O)c1ccc(/C=C/c2ccc(Cl)cc2)cc1. The monoisotopic (exact) mass is 301 g/mol. The van der Waals surface area contributed by atoms with Crippen molar-refractivity contribution < 1.29 is 5.11 Å². The molecule has 0 amide bonds. The molecule has 1 atom stereocenters. The molecule has 2 aromatic rings. The van der Waals surface area contributed by atoms with E-state index in [1.807, 2.05) is 79.7 Å². The van der Waals surface area contributed by atoms with Gasteiger partial charge >= 0.3 is 0 Å². The van der Waals surface area contributed by atoms with E-state index >= 15 is 0 Å². The van der Waals surface area contributed by atoms with Gasteiger partial charge in [0.1, 0.15) is 0 Å². The van der Waals surface area contributed by atoms with Gasteiger partial charge in [0.2, 0.25) is 0 Å². The van der Waals surface area contributed by atoms with Crippen LogP contribution >= 0.6 is 11.6 Å². The minimum Gasteiger partial charge on any atom is -0.387 e. The Balaban J connectivity index is 2.03. The van der Waals surface area contributed by atoms with Gasteiger partial charge < -0.3 is 10.0 Å². The Kier molecular flexibility index (Phi) is 5.57. The molecule has 2 nitrogen and oxygen atoms in total. The molecule has 0 fully saturated rings. The zero-order valence-electron chi connectivity index (χ0n) is 12.3. The lowest BCUT2D eigenvalue weighted by molar-refractivity contribution is 0.138. The molecular formula is C18H20ClNO. The molecule has 0 saturated carbocycles. The fourth-order valence-electron chi connectivity index (χ4n) is 2.05. The summed E-state index contributed by atoms with van der Waals surface area (Å²) in [7, 11) is 3.90. The Hall–Kier alpha value is -1.61. The van der Waals surface area contributed by atoms with Crippen LogP contribution in [0.3, 0.4) is 0 Å². The summed E-state index contributed by atoms with van der Waals surface area (Å²) in [5.41, 5.74) is 3.15. The Labute approximate surface area is 131 Å². The van der Waals surface area contributed by atoms with Crippen molar-refractivity contribution in [1.82, 2.24) is 4.90 Å². The van der Waals surface area contributed by atoms with Gasteiger partial charge in [0.05, 0.1) is 6.10 Å². The molecule has 1 N–H and O–H groups in total. The van der Waals surface area contributed by atoms with Crippen LogP contribution in [0, 0.1) is 0 Å². The van der Waals surface area contributed by atoms with E-state index in [-0.39, 0.29) is 0 Å². The predicted molar refractivity (Wildman–Crippen MR) is 90.3 cm³/mol. The highest BCUT2D eigenvalue weighted by atomic mass is 35.5. The molecule has 3 heteroatoms. The van der Waals surface area contributed by atoms with Gasteiger partial charge in [-0.05, 0) is 42.9 Å². The van der Waals surface area contributed by atoms with Gasteiger partial charge in [-0.25, -0.2) is 0 Å². The largest absolute Gasteiger partial charge is 0.387 e. The maximum atomic E-state index is 10.0. The van der Waals surface area contributed by atoms with E-state index in [1.165, 1.54) is 0 Å². The predicted octanol–water partition coefficient (Wildman–Crippen LogP) is 4.11. The zero-order chi connectivity index (χ0) is 15.2. The molecule has 2 rings (SSSR count). The highest BCUT2D eigenvalue weighted by molar-refractivity contribution is 6.30. The van der Waals surface area contributed by atoms with Gasteiger partial charge in [-0.1, -0.05) is 60.2 Å². The Bertz CT molecular complexity index is 588. The zero-order valence-corrected chi connectivity index (χ0v) is 13.1. The number of rotatable bonds is 5. The lowest BCUT2D eigenvalue weighted by atomic mass is 10.1. The third-order valence-corrected chi connectivity index (χ3v) is 3.45. The van der Waals surface area contributed by atoms with Gasteiger partial charge in [-0.2, -0.15) is 0 Å². The van der Waals surface area contributed by atoms with Crippen molar-refractivity contribution in [2.24, 2.45) is 0 Å². The second kappa shape index (κ2) is 7.41. The Morgan fingerprint density at radius 3 is 1.90 bits per heavy atom. The average Bonchev–Trinajstić information content (AvgIpc) is 2.46. The van der Waals surface area contributed by atoms with Crippen LogP contribution in [0.2, 0.25) is 5.02 Å². The van der Waals surface area contributed by atoms with E-state index in [0.717, 1.165) is 21.7 Å². The van der Waals surface area contributed by atoms with E-state index in [9.17, 15) is 5.11 Å². The van der Waals surface area contributed by atoms with Crippen LogP contribution in [0.15, 0.2) is 48.5 Å². The minimum absolute atomic E-state index is 0.450. The number of hydrogen-bond acceptors (Lipinski definition) is 2. The van der Waals surface area contributed by atoms with Gasteiger partial charge in [-0.3, -0.25) is 0 Å². The molecule has 0 saturated heterocycles. The van der Waals surface area contributed by atoms with Crippen LogP contribution in [0.4, 0.5) is 0 Å². The molecule has 110 valence electrons. The van der Waals surface area contributed by atoms with Crippen molar-refractivity contribution in [3.8, 4) is 0 Å². The summed E-state index contributed by atoms with van der Waals surface area (Å²) in [6, 6.07) is 15.7. The third-order valence-electron chi connectivity index (χ3n) is 3.20. The van der Waals surface area contributed by atoms with Gasteiger partial charge in [-0.15, -0.1) is 0 Å². The second-order valence-corrected chi connectivity index (χ2v) is 5.77. The van der Waals surface area contributed by atoms with Crippen molar-refractivity contribution in [3.05, 3.63) is 70.2 Å². The molecule has 0 heterocycles. The summed E-state index contributed by atoms with van der Waals surface area (Å²) >= 11 is 5.86. The molecule has 0 aliphatic rings. The number of aliphatic hydroxyl groups excluding tert-OH is 1. The van der Waals surface area contributed by atoms with Gasteiger partial charge in [0.25, 0.3) is 0 Å². The first-order chi connectivity index (χ1) is 10.0. The van der Waals surface area contributed by atoms with Crippen LogP contribution in [-0.2, 0) is 0 Å². The van der Waals surface area contributed by atoms with Crippen molar-refractivity contribution in [3.63, 3.8) is 0 Å². The maximum absolute atomic E-state index is 10.0. The topological polar surface area (TPSA) is 23.5 Å². The van der Waals surface area contributed by atoms with Crippen LogP contribution in [0.1, 0.15) is 22.8 Å². The number of hydrogen-bond donors (Lipinski definition) is 1. The molecule has 2 aromatic carbocycles. The first-order valence-corrected chi connectivity index (χ1v) is 7.29. The van der Waals surface area contributed by atoms with Crippen molar-refractivity contribution in [2.45, 2.75) is 6.10 Å². The Morgan fingerprint density at radius 1 is 0.952 bits per heavy atom. The molecule has 0 radical (unpaired) electrons. The number of nitrogens with zero attached hydrogens (tertiary/aromatic N) is 1.